The van der Waals surface area contributed by atoms with Crippen LogP contribution < -0.4 is 5.32 Å². The third kappa shape index (κ3) is 3.30. The third-order valence-electron chi connectivity index (χ3n) is 3.26. The number of carbonyl (C=O) groups excluding carboxylic acids is 1. The molecule has 0 amide bonds. The number of carbonyl (C=O) groups is 1. The summed E-state index contributed by atoms with van der Waals surface area (Å²) in [7, 11) is 0. The second-order valence-corrected chi connectivity index (χ2v) is 4.58. The van der Waals surface area contributed by atoms with Gasteiger partial charge in [-0.1, -0.05) is 24.3 Å². The fraction of sp³-hybridized carbons (Fsp3) is 0.500. The maximum atomic E-state index is 11.8. The Morgan fingerprint density at radius 3 is 3.00 bits per heavy atom. The molecule has 1 aromatic rings. The van der Waals surface area contributed by atoms with Crippen LogP contribution in [-0.2, 0) is 16.1 Å². The van der Waals surface area contributed by atoms with Gasteiger partial charge in [0.05, 0.1) is 5.92 Å². The van der Waals surface area contributed by atoms with Crippen LogP contribution in [0.1, 0.15) is 24.0 Å². The summed E-state index contributed by atoms with van der Waals surface area (Å²) in [5.74, 6) is -0.0341. The van der Waals surface area contributed by atoms with Crippen LogP contribution in [-0.4, -0.2) is 19.1 Å². The number of nitrogens with one attached hydrogen (secondary N) is 1. The molecule has 1 saturated heterocycles. The predicted molar refractivity (Wildman–Crippen MR) is 66.6 cm³/mol. The summed E-state index contributed by atoms with van der Waals surface area (Å²) in [4.78, 5) is 11.8. The molecule has 0 aromatic heterocycles. The van der Waals surface area contributed by atoms with Gasteiger partial charge in [-0.3, -0.25) is 4.79 Å². The SMILES string of the molecule is Cc1ccccc1COC(=O)C1CCCNC1. The Labute approximate surface area is 102 Å². The Morgan fingerprint density at radius 2 is 2.29 bits per heavy atom. The van der Waals surface area contributed by atoms with E-state index in [0.717, 1.165) is 31.5 Å². The van der Waals surface area contributed by atoms with Crippen LogP contribution in [0.25, 0.3) is 0 Å². The lowest BCUT2D eigenvalue weighted by Crippen LogP contribution is -2.35. The molecule has 1 atom stereocenters. The fourth-order valence-corrected chi connectivity index (χ4v) is 2.09. The Balaban J connectivity index is 1.85. The lowest BCUT2D eigenvalue weighted by Gasteiger charge is -2.21. The molecular formula is C14H19NO2. The minimum absolute atomic E-state index is 0.0350. The second kappa shape index (κ2) is 5.82. The van der Waals surface area contributed by atoms with E-state index in [1.165, 1.54) is 5.56 Å². The molecule has 92 valence electrons. The van der Waals surface area contributed by atoms with Gasteiger partial charge < -0.3 is 10.1 Å². The summed E-state index contributed by atoms with van der Waals surface area (Å²) in [6.45, 7) is 4.20. The molecule has 1 unspecified atom stereocenters. The number of benzene rings is 1. The summed E-state index contributed by atoms with van der Waals surface area (Å²) in [6, 6.07) is 8.00. The zero-order chi connectivity index (χ0) is 12.1. The van der Waals surface area contributed by atoms with Crippen LogP contribution in [0.2, 0.25) is 0 Å². The average molecular weight is 233 g/mol. The van der Waals surface area contributed by atoms with Crippen molar-refractivity contribution in [3.8, 4) is 0 Å². The summed E-state index contributed by atoms with van der Waals surface area (Å²) < 4.78 is 5.37. The maximum absolute atomic E-state index is 11.8. The average Bonchev–Trinajstić information content (AvgIpc) is 2.38. The molecule has 1 aromatic carbocycles. The Morgan fingerprint density at radius 1 is 1.47 bits per heavy atom. The van der Waals surface area contributed by atoms with E-state index in [2.05, 4.69) is 5.32 Å². The summed E-state index contributed by atoms with van der Waals surface area (Å²) in [5.41, 5.74) is 2.26. The number of aryl methyl sites for hydroxylation is 1. The van der Waals surface area contributed by atoms with Crippen molar-refractivity contribution in [3.05, 3.63) is 35.4 Å². The van der Waals surface area contributed by atoms with Crippen LogP contribution in [0.4, 0.5) is 0 Å². The predicted octanol–water partition coefficient (Wildman–Crippen LogP) is 2.04. The van der Waals surface area contributed by atoms with Crippen molar-refractivity contribution < 1.29 is 9.53 Å². The van der Waals surface area contributed by atoms with Crippen molar-refractivity contribution in [1.82, 2.24) is 5.32 Å². The number of hydrogen-bond acceptors (Lipinski definition) is 3. The zero-order valence-corrected chi connectivity index (χ0v) is 10.2. The molecule has 0 aliphatic carbocycles. The van der Waals surface area contributed by atoms with E-state index in [9.17, 15) is 4.79 Å². The largest absolute Gasteiger partial charge is 0.461 e. The number of esters is 1. The van der Waals surface area contributed by atoms with E-state index in [0.29, 0.717) is 6.61 Å². The smallest absolute Gasteiger partial charge is 0.310 e. The van der Waals surface area contributed by atoms with Gasteiger partial charge >= 0.3 is 5.97 Å². The lowest BCUT2D eigenvalue weighted by molar-refractivity contribution is -0.150. The Hall–Kier alpha value is -1.35. The van der Waals surface area contributed by atoms with Crippen molar-refractivity contribution in [2.75, 3.05) is 13.1 Å². The molecule has 1 N–H and O–H groups in total. The molecule has 1 fully saturated rings. The van der Waals surface area contributed by atoms with Crippen LogP contribution >= 0.6 is 0 Å². The van der Waals surface area contributed by atoms with E-state index in [1.807, 2.05) is 31.2 Å². The summed E-state index contributed by atoms with van der Waals surface area (Å²) in [5, 5.41) is 3.22. The number of piperidine rings is 1. The van der Waals surface area contributed by atoms with Crippen molar-refractivity contribution in [1.29, 1.82) is 0 Å². The minimum Gasteiger partial charge on any atom is -0.461 e. The van der Waals surface area contributed by atoms with Gasteiger partial charge in [-0.25, -0.2) is 0 Å². The van der Waals surface area contributed by atoms with Gasteiger partial charge in [-0.2, -0.15) is 0 Å². The van der Waals surface area contributed by atoms with Gasteiger partial charge in [0.25, 0.3) is 0 Å². The van der Waals surface area contributed by atoms with E-state index in [-0.39, 0.29) is 11.9 Å². The monoisotopic (exact) mass is 233 g/mol. The lowest BCUT2D eigenvalue weighted by atomic mass is 10.00. The van der Waals surface area contributed by atoms with Crippen LogP contribution in [0, 0.1) is 12.8 Å². The molecule has 3 heteroatoms. The van der Waals surface area contributed by atoms with Gasteiger partial charge in [0, 0.05) is 6.54 Å². The van der Waals surface area contributed by atoms with Crippen LogP contribution in [0.5, 0.6) is 0 Å². The molecule has 2 rings (SSSR count). The molecular weight excluding hydrogens is 214 g/mol. The highest BCUT2D eigenvalue weighted by Gasteiger charge is 2.22. The molecule has 0 radical (unpaired) electrons. The third-order valence-corrected chi connectivity index (χ3v) is 3.26. The van der Waals surface area contributed by atoms with Gasteiger partial charge in [0.1, 0.15) is 6.61 Å². The Bertz CT molecular complexity index is 384. The van der Waals surface area contributed by atoms with Crippen LogP contribution in [0.3, 0.4) is 0 Å². The highest BCUT2D eigenvalue weighted by atomic mass is 16.5. The highest BCUT2D eigenvalue weighted by Crippen LogP contribution is 2.14. The molecule has 3 nitrogen and oxygen atoms in total. The van der Waals surface area contributed by atoms with E-state index >= 15 is 0 Å². The number of hydrogen-bond donors (Lipinski definition) is 1. The van der Waals surface area contributed by atoms with Crippen molar-refractivity contribution in [3.63, 3.8) is 0 Å². The van der Waals surface area contributed by atoms with Crippen LogP contribution in [0.15, 0.2) is 24.3 Å². The molecule has 1 aliphatic heterocycles. The molecule has 1 heterocycles. The topological polar surface area (TPSA) is 38.3 Å². The fourth-order valence-electron chi connectivity index (χ4n) is 2.09. The second-order valence-electron chi connectivity index (χ2n) is 4.58. The first kappa shape index (κ1) is 12.1. The van der Waals surface area contributed by atoms with Gasteiger partial charge in [-0.05, 0) is 37.4 Å². The van der Waals surface area contributed by atoms with Gasteiger partial charge in [0.15, 0.2) is 0 Å². The molecule has 0 saturated carbocycles. The molecule has 1 aliphatic rings. The summed E-state index contributed by atoms with van der Waals surface area (Å²) in [6.07, 6.45) is 2.00. The zero-order valence-electron chi connectivity index (χ0n) is 10.2. The quantitative estimate of drug-likeness (QED) is 0.812. The standard InChI is InChI=1S/C14H19NO2/c1-11-5-2-3-6-13(11)10-17-14(16)12-7-4-8-15-9-12/h2-3,5-6,12,15H,4,7-10H2,1H3. The first-order chi connectivity index (χ1) is 8.27. The number of ether oxygens (including phenoxy) is 1. The minimum atomic E-state index is -0.0690. The van der Waals surface area contributed by atoms with Gasteiger partial charge in [0.2, 0.25) is 0 Å². The first-order valence-corrected chi connectivity index (χ1v) is 6.19. The summed E-state index contributed by atoms with van der Waals surface area (Å²) >= 11 is 0. The highest BCUT2D eigenvalue weighted by molar-refractivity contribution is 5.72. The molecule has 0 bridgehead atoms. The van der Waals surface area contributed by atoms with Crippen molar-refractivity contribution in [2.45, 2.75) is 26.4 Å². The van der Waals surface area contributed by atoms with Crippen molar-refractivity contribution >= 4 is 5.97 Å². The van der Waals surface area contributed by atoms with E-state index in [4.69, 9.17) is 4.74 Å². The normalized spacial score (nSPS) is 19.9. The van der Waals surface area contributed by atoms with E-state index in [1.54, 1.807) is 0 Å². The van der Waals surface area contributed by atoms with E-state index < -0.39 is 0 Å². The molecule has 17 heavy (non-hydrogen) atoms. The Kier molecular flexibility index (Phi) is 4.15. The van der Waals surface area contributed by atoms with Crippen molar-refractivity contribution in [2.24, 2.45) is 5.92 Å². The number of rotatable bonds is 3. The maximum Gasteiger partial charge on any atom is 0.310 e. The molecule has 0 spiro atoms. The first-order valence-electron chi connectivity index (χ1n) is 6.19. The van der Waals surface area contributed by atoms with Gasteiger partial charge in [-0.15, -0.1) is 0 Å².